The summed E-state index contributed by atoms with van der Waals surface area (Å²) in [6.45, 7) is 3.85. The summed E-state index contributed by atoms with van der Waals surface area (Å²) in [7, 11) is 0. The molecule has 2 unspecified atom stereocenters. The number of likely N-dealkylation sites (N-methyl/N-ethyl adjacent to an activating group) is 1. The van der Waals surface area contributed by atoms with Gasteiger partial charge in [0.15, 0.2) is 0 Å². The number of hydrogen-bond acceptors (Lipinski definition) is 2. The van der Waals surface area contributed by atoms with Crippen molar-refractivity contribution in [2.24, 2.45) is 0 Å². The molecule has 0 spiro atoms. The molecule has 0 saturated heterocycles. The van der Waals surface area contributed by atoms with Crippen LogP contribution >= 0.6 is 11.6 Å². The van der Waals surface area contributed by atoms with E-state index in [2.05, 4.69) is 12.2 Å². The summed E-state index contributed by atoms with van der Waals surface area (Å²) in [5.74, 6) is 0. The maximum atomic E-state index is 5.99. The van der Waals surface area contributed by atoms with Crippen LogP contribution in [-0.2, 0) is 11.3 Å². The maximum absolute atomic E-state index is 5.99. The molecule has 1 aliphatic carbocycles. The van der Waals surface area contributed by atoms with Crippen molar-refractivity contribution in [2.45, 2.75) is 44.9 Å². The van der Waals surface area contributed by atoms with Crippen molar-refractivity contribution in [2.75, 3.05) is 6.54 Å². The number of rotatable bonds is 5. The molecule has 0 amide bonds. The first-order chi connectivity index (χ1) is 8.29. The van der Waals surface area contributed by atoms with Gasteiger partial charge in [-0.05, 0) is 43.5 Å². The Kier molecular flexibility index (Phi) is 4.84. The predicted octanol–water partition coefficient (Wildman–Crippen LogP) is 3.39. The number of hydrogen-bond donors (Lipinski definition) is 1. The zero-order valence-corrected chi connectivity index (χ0v) is 11.0. The highest BCUT2D eigenvalue weighted by Gasteiger charge is 2.26. The van der Waals surface area contributed by atoms with Gasteiger partial charge in [-0.2, -0.15) is 0 Å². The third kappa shape index (κ3) is 3.70. The van der Waals surface area contributed by atoms with E-state index in [0.29, 0.717) is 18.8 Å². The van der Waals surface area contributed by atoms with E-state index in [9.17, 15) is 0 Å². The first-order valence-corrected chi connectivity index (χ1v) is 6.77. The highest BCUT2D eigenvalue weighted by molar-refractivity contribution is 6.30. The first-order valence-electron chi connectivity index (χ1n) is 6.39. The second kappa shape index (κ2) is 6.39. The van der Waals surface area contributed by atoms with Crippen LogP contribution in [0.4, 0.5) is 0 Å². The molecule has 1 aliphatic rings. The van der Waals surface area contributed by atoms with E-state index in [1.165, 1.54) is 24.8 Å². The van der Waals surface area contributed by atoms with Crippen LogP contribution in [0.5, 0.6) is 0 Å². The van der Waals surface area contributed by atoms with Crippen LogP contribution in [0.3, 0.4) is 0 Å². The summed E-state index contributed by atoms with van der Waals surface area (Å²) in [5, 5.41) is 4.27. The Hall–Kier alpha value is -0.570. The summed E-state index contributed by atoms with van der Waals surface area (Å²) >= 11 is 5.85. The van der Waals surface area contributed by atoms with E-state index in [0.717, 1.165) is 11.6 Å². The van der Waals surface area contributed by atoms with E-state index < -0.39 is 0 Å². The van der Waals surface area contributed by atoms with Crippen molar-refractivity contribution < 1.29 is 4.74 Å². The lowest BCUT2D eigenvalue weighted by Crippen LogP contribution is -2.36. The third-order valence-corrected chi connectivity index (χ3v) is 3.55. The minimum absolute atomic E-state index is 0.366. The van der Waals surface area contributed by atoms with Gasteiger partial charge in [-0.15, -0.1) is 0 Å². The largest absolute Gasteiger partial charge is 0.372 e. The van der Waals surface area contributed by atoms with Gasteiger partial charge in [0.1, 0.15) is 0 Å². The van der Waals surface area contributed by atoms with Gasteiger partial charge in [0.05, 0.1) is 12.7 Å². The molecule has 94 valence electrons. The molecule has 0 bridgehead atoms. The Morgan fingerprint density at radius 2 is 2.06 bits per heavy atom. The number of benzene rings is 1. The fraction of sp³-hybridized carbons (Fsp3) is 0.571. The Balaban J connectivity index is 1.83. The van der Waals surface area contributed by atoms with Crippen molar-refractivity contribution in [3.63, 3.8) is 0 Å². The average molecular weight is 254 g/mol. The standard InChI is InChI=1S/C14H20ClNO/c1-2-16-13-4-3-5-14(13)17-10-11-6-8-12(15)9-7-11/h6-9,13-14,16H,2-5,10H2,1H3. The van der Waals surface area contributed by atoms with Crippen LogP contribution < -0.4 is 5.32 Å². The summed E-state index contributed by atoms with van der Waals surface area (Å²) in [6, 6.07) is 8.42. The molecule has 0 radical (unpaired) electrons. The van der Waals surface area contributed by atoms with Crippen LogP contribution in [0.15, 0.2) is 24.3 Å². The Bertz CT molecular complexity index is 339. The maximum Gasteiger partial charge on any atom is 0.0732 e. The molecule has 2 atom stereocenters. The van der Waals surface area contributed by atoms with Crippen LogP contribution in [-0.4, -0.2) is 18.7 Å². The van der Waals surface area contributed by atoms with Gasteiger partial charge in [0.25, 0.3) is 0 Å². The van der Waals surface area contributed by atoms with Gasteiger partial charge in [-0.1, -0.05) is 30.7 Å². The van der Waals surface area contributed by atoms with Gasteiger partial charge in [-0.25, -0.2) is 0 Å². The summed E-state index contributed by atoms with van der Waals surface area (Å²) < 4.78 is 5.99. The molecule has 0 aliphatic heterocycles. The quantitative estimate of drug-likeness (QED) is 0.869. The van der Waals surface area contributed by atoms with Gasteiger partial charge >= 0.3 is 0 Å². The van der Waals surface area contributed by atoms with Gasteiger partial charge in [0.2, 0.25) is 0 Å². The van der Waals surface area contributed by atoms with Crippen LogP contribution in [0.1, 0.15) is 31.7 Å². The van der Waals surface area contributed by atoms with E-state index in [1.807, 2.05) is 24.3 Å². The second-order valence-electron chi connectivity index (χ2n) is 4.57. The molecule has 2 rings (SSSR count). The lowest BCUT2D eigenvalue weighted by Gasteiger charge is -2.20. The Morgan fingerprint density at radius 3 is 2.76 bits per heavy atom. The average Bonchev–Trinajstić information content (AvgIpc) is 2.77. The number of ether oxygens (including phenoxy) is 1. The van der Waals surface area contributed by atoms with Crippen LogP contribution in [0.2, 0.25) is 5.02 Å². The molecule has 2 nitrogen and oxygen atoms in total. The molecule has 1 aromatic rings. The second-order valence-corrected chi connectivity index (χ2v) is 5.01. The van der Waals surface area contributed by atoms with Crippen molar-refractivity contribution in [1.29, 1.82) is 0 Å². The van der Waals surface area contributed by atoms with Crippen molar-refractivity contribution >= 4 is 11.6 Å². The Labute approximate surface area is 108 Å². The zero-order valence-electron chi connectivity index (χ0n) is 10.3. The third-order valence-electron chi connectivity index (χ3n) is 3.30. The fourth-order valence-electron chi connectivity index (χ4n) is 2.41. The van der Waals surface area contributed by atoms with E-state index in [-0.39, 0.29) is 0 Å². The van der Waals surface area contributed by atoms with E-state index in [4.69, 9.17) is 16.3 Å². The van der Waals surface area contributed by atoms with E-state index in [1.54, 1.807) is 0 Å². The molecule has 1 saturated carbocycles. The summed E-state index contributed by atoms with van der Waals surface area (Å²) in [6.07, 6.45) is 4.04. The molecule has 1 N–H and O–H groups in total. The highest BCUT2D eigenvalue weighted by atomic mass is 35.5. The predicted molar refractivity (Wildman–Crippen MR) is 71.3 cm³/mol. The normalized spacial score (nSPS) is 24.1. The van der Waals surface area contributed by atoms with E-state index >= 15 is 0 Å². The zero-order chi connectivity index (χ0) is 12.1. The minimum atomic E-state index is 0.366. The fourth-order valence-corrected chi connectivity index (χ4v) is 2.53. The first kappa shape index (κ1) is 12.9. The minimum Gasteiger partial charge on any atom is -0.372 e. The molecule has 1 aromatic carbocycles. The molecule has 1 fully saturated rings. The lowest BCUT2D eigenvalue weighted by molar-refractivity contribution is 0.0283. The van der Waals surface area contributed by atoms with Crippen molar-refractivity contribution in [1.82, 2.24) is 5.32 Å². The molecule has 17 heavy (non-hydrogen) atoms. The lowest BCUT2D eigenvalue weighted by atomic mass is 10.2. The molecule has 0 heterocycles. The Morgan fingerprint density at radius 1 is 1.29 bits per heavy atom. The smallest absolute Gasteiger partial charge is 0.0732 e. The molecular formula is C14H20ClNO. The number of nitrogens with one attached hydrogen (secondary N) is 1. The molecular weight excluding hydrogens is 234 g/mol. The van der Waals surface area contributed by atoms with Gasteiger partial charge in [0, 0.05) is 11.1 Å². The molecule has 3 heteroatoms. The topological polar surface area (TPSA) is 21.3 Å². The SMILES string of the molecule is CCNC1CCCC1OCc1ccc(Cl)cc1. The molecule has 0 aromatic heterocycles. The number of halogens is 1. The van der Waals surface area contributed by atoms with Crippen LogP contribution in [0.25, 0.3) is 0 Å². The van der Waals surface area contributed by atoms with Crippen molar-refractivity contribution in [3.05, 3.63) is 34.9 Å². The van der Waals surface area contributed by atoms with Gasteiger partial charge < -0.3 is 10.1 Å². The highest BCUT2D eigenvalue weighted by Crippen LogP contribution is 2.23. The van der Waals surface area contributed by atoms with Crippen molar-refractivity contribution in [3.8, 4) is 0 Å². The summed E-state index contributed by atoms with van der Waals surface area (Å²) in [5.41, 5.74) is 1.19. The van der Waals surface area contributed by atoms with Crippen LogP contribution in [0, 0.1) is 0 Å². The summed E-state index contributed by atoms with van der Waals surface area (Å²) in [4.78, 5) is 0. The monoisotopic (exact) mass is 253 g/mol. The van der Waals surface area contributed by atoms with Gasteiger partial charge in [-0.3, -0.25) is 0 Å².